The molecule has 2 N–H and O–H groups in total. The minimum absolute atomic E-state index is 0.0233. The molecule has 1 aromatic carbocycles. The number of nitrogens with one attached hydrogen (secondary N) is 2. The van der Waals surface area contributed by atoms with E-state index in [0.717, 1.165) is 30.6 Å². The predicted octanol–water partition coefficient (Wildman–Crippen LogP) is 3.09. The predicted molar refractivity (Wildman–Crippen MR) is 117 cm³/mol. The van der Waals surface area contributed by atoms with Crippen LogP contribution in [0.1, 0.15) is 52.5 Å². The number of carbonyl (C=O) groups is 3. The van der Waals surface area contributed by atoms with E-state index in [-0.39, 0.29) is 18.6 Å². The molecular formula is C23H34N2O5. The van der Waals surface area contributed by atoms with Gasteiger partial charge in [0, 0.05) is 12.1 Å². The molecule has 0 fully saturated rings. The van der Waals surface area contributed by atoms with Gasteiger partial charge in [0.1, 0.15) is 11.8 Å². The number of carbonyl (C=O) groups excluding carboxylic acids is 3. The Hall–Kier alpha value is -2.83. The van der Waals surface area contributed by atoms with Gasteiger partial charge in [0.25, 0.3) is 5.91 Å². The van der Waals surface area contributed by atoms with Crippen LogP contribution in [0.2, 0.25) is 0 Å². The number of benzene rings is 1. The Kier molecular flexibility index (Phi) is 11.3. The summed E-state index contributed by atoms with van der Waals surface area (Å²) in [5.41, 5.74) is 0.820. The van der Waals surface area contributed by atoms with Crippen molar-refractivity contribution >= 4 is 23.9 Å². The fraction of sp³-hybridized carbons (Fsp3) is 0.522. The summed E-state index contributed by atoms with van der Waals surface area (Å²) in [6, 6.07) is 6.34. The third kappa shape index (κ3) is 10.6. The normalized spacial score (nSPS) is 13.0. The Bertz CT molecular complexity index is 713. The molecule has 30 heavy (non-hydrogen) atoms. The van der Waals surface area contributed by atoms with Crippen molar-refractivity contribution < 1.29 is 23.9 Å². The van der Waals surface area contributed by atoms with Crippen molar-refractivity contribution in [3.63, 3.8) is 0 Å². The smallest absolute Gasteiger partial charge is 0.328 e. The molecule has 1 rings (SSSR count). The van der Waals surface area contributed by atoms with Crippen LogP contribution in [0, 0.1) is 5.92 Å². The average molecular weight is 419 g/mol. The zero-order chi connectivity index (χ0) is 22.5. The Morgan fingerprint density at radius 1 is 1.00 bits per heavy atom. The van der Waals surface area contributed by atoms with Crippen molar-refractivity contribution in [2.24, 2.45) is 5.92 Å². The van der Waals surface area contributed by atoms with E-state index in [9.17, 15) is 14.4 Å². The summed E-state index contributed by atoms with van der Waals surface area (Å²) in [7, 11) is 1.58. The summed E-state index contributed by atoms with van der Waals surface area (Å²) in [5, 5.41) is 5.33. The van der Waals surface area contributed by atoms with E-state index in [4.69, 9.17) is 9.47 Å². The van der Waals surface area contributed by atoms with Gasteiger partial charge in [-0.3, -0.25) is 9.59 Å². The highest BCUT2D eigenvalue weighted by atomic mass is 16.5. The second-order valence-corrected chi connectivity index (χ2v) is 7.74. The second-order valence-electron chi connectivity index (χ2n) is 7.74. The molecule has 166 valence electrons. The number of amides is 2. The lowest BCUT2D eigenvalue weighted by Crippen LogP contribution is -2.41. The first-order valence-corrected chi connectivity index (χ1v) is 10.3. The minimum Gasteiger partial charge on any atom is -0.497 e. The number of hydrogen-bond acceptors (Lipinski definition) is 5. The zero-order valence-electron chi connectivity index (χ0n) is 18.6. The van der Waals surface area contributed by atoms with Crippen molar-refractivity contribution in [1.82, 2.24) is 10.6 Å². The third-order valence-electron chi connectivity index (χ3n) is 4.43. The molecule has 0 heterocycles. The molecule has 0 saturated heterocycles. The van der Waals surface area contributed by atoms with Crippen LogP contribution >= 0.6 is 0 Å². The van der Waals surface area contributed by atoms with Gasteiger partial charge in [-0.05, 0) is 50.0 Å². The van der Waals surface area contributed by atoms with Gasteiger partial charge in [-0.25, -0.2) is 4.79 Å². The molecule has 2 amide bonds. The van der Waals surface area contributed by atoms with Crippen LogP contribution in [-0.4, -0.2) is 43.6 Å². The highest BCUT2D eigenvalue weighted by molar-refractivity contribution is 5.94. The van der Waals surface area contributed by atoms with E-state index < -0.39 is 17.9 Å². The molecule has 0 aliphatic heterocycles. The molecule has 7 heteroatoms. The van der Waals surface area contributed by atoms with Crippen LogP contribution in [0.25, 0.3) is 6.08 Å². The Morgan fingerprint density at radius 3 is 2.27 bits per heavy atom. The molecule has 7 nitrogen and oxygen atoms in total. The summed E-state index contributed by atoms with van der Waals surface area (Å²) in [5.74, 6) is -0.0841. The van der Waals surface area contributed by atoms with E-state index in [2.05, 4.69) is 24.5 Å². The monoisotopic (exact) mass is 418 g/mol. The maximum Gasteiger partial charge on any atom is 0.328 e. The second kappa shape index (κ2) is 13.4. The molecule has 2 atom stereocenters. The molecule has 0 radical (unpaired) electrons. The van der Waals surface area contributed by atoms with Crippen LogP contribution in [-0.2, 0) is 19.1 Å². The van der Waals surface area contributed by atoms with E-state index in [1.807, 2.05) is 19.1 Å². The van der Waals surface area contributed by atoms with Gasteiger partial charge in [-0.2, -0.15) is 0 Å². The molecule has 0 saturated carbocycles. The summed E-state index contributed by atoms with van der Waals surface area (Å²) < 4.78 is 10.1. The lowest BCUT2D eigenvalue weighted by atomic mass is 10.0. The maximum atomic E-state index is 12.0. The SMILES string of the molecule is COc1ccc(/C=C/C(=O)N[C@@H](C)C(=O)OCC(=O)NC(C)CCCC(C)C)cc1. The lowest BCUT2D eigenvalue weighted by molar-refractivity contribution is -0.151. The largest absolute Gasteiger partial charge is 0.497 e. The van der Waals surface area contributed by atoms with Crippen molar-refractivity contribution in [1.29, 1.82) is 0 Å². The minimum atomic E-state index is -0.866. The summed E-state index contributed by atoms with van der Waals surface area (Å²) in [4.78, 5) is 35.9. The molecule has 0 spiro atoms. The number of hydrogen-bond donors (Lipinski definition) is 2. The Balaban J connectivity index is 2.33. The van der Waals surface area contributed by atoms with Crippen LogP contribution in [0.5, 0.6) is 5.75 Å². The first-order valence-electron chi connectivity index (χ1n) is 10.3. The topological polar surface area (TPSA) is 93.7 Å². The highest BCUT2D eigenvalue weighted by Gasteiger charge is 2.18. The summed E-state index contributed by atoms with van der Waals surface area (Å²) in [6.07, 6.45) is 5.98. The van der Waals surface area contributed by atoms with Crippen molar-refractivity contribution in [3.8, 4) is 5.75 Å². The van der Waals surface area contributed by atoms with Gasteiger partial charge in [-0.1, -0.05) is 38.8 Å². The van der Waals surface area contributed by atoms with E-state index in [1.54, 1.807) is 25.3 Å². The number of rotatable bonds is 12. The van der Waals surface area contributed by atoms with Crippen molar-refractivity contribution in [2.45, 2.75) is 59.0 Å². The third-order valence-corrected chi connectivity index (χ3v) is 4.43. The van der Waals surface area contributed by atoms with Gasteiger partial charge in [0.15, 0.2) is 6.61 Å². The van der Waals surface area contributed by atoms with Gasteiger partial charge >= 0.3 is 5.97 Å². The molecule has 0 aliphatic rings. The van der Waals surface area contributed by atoms with Gasteiger partial charge in [0.2, 0.25) is 5.91 Å². The van der Waals surface area contributed by atoms with Crippen LogP contribution in [0.3, 0.4) is 0 Å². The molecule has 0 bridgehead atoms. The van der Waals surface area contributed by atoms with E-state index in [0.29, 0.717) is 5.92 Å². The van der Waals surface area contributed by atoms with Crippen molar-refractivity contribution in [3.05, 3.63) is 35.9 Å². The van der Waals surface area contributed by atoms with E-state index in [1.165, 1.54) is 13.0 Å². The van der Waals surface area contributed by atoms with Gasteiger partial charge in [-0.15, -0.1) is 0 Å². The average Bonchev–Trinajstić information content (AvgIpc) is 2.70. The molecule has 1 unspecified atom stereocenters. The maximum absolute atomic E-state index is 12.0. The fourth-order valence-electron chi connectivity index (χ4n) is 2.69. The summed E-state index contributed by atoms with van der Waals surface area (Å²) >= 11 is 0. The molecular weight excluding hydrogens is 384 g/mol. The van der Waals surface area contributed by atoms with Crippen LogP contribution in [0.4, 0.5) is 0 Å². The first kappa shape index (κ1) is 25.2. The molecule has 1 aromatic rings. The molecule has 0 aromatic heterocycles. The van der Waals surface area contributed by atoms with Gasteiger partial charge < -0.3 is 20.1 Å². The van der Waals surface area contributed by atoms with Crippen LogP contribution < -0.4 is 15.4 Å². The highest BCUT2D eigenvalue weighted by Crippen LogP contribution is 2.12. The standard InChI is InChI=1S/C23H34N2O5/c1-16(2)7-6-8-17(3)24-22(27)15-30-23(28)18(4)25-21(26)14-11-19-9-12-20(29-5)13-10-19/h9-14,16-18H,6-8,15H2,1-5H3,(H,24,27)(H,25,26)/b14-11+/t17?,18-/m0/s1. The Morgan fingerprint density at radius 2 is 1.67 bits per heavy atom. The van der Waals surface area contributed by atoms with E-state index >= 15 is 0 Å². The van der Waals surface area contributed by atoms with Gasteiger partial charge in [0.05, 0.1) is 7.11 Å². The lowest BCUT2D eigenvalue weighted by Gasteiger charge is -2.16. The fourth-order valence-corrected chi connectivity index (χ4v) is 2.69. The molecule has 0 aliphatic carbocycles. The zero-order valence-corrected chi connectivity index (χ0v) is 18.6. The quantitative estimate of drug-likeness (QED) is 0.402. The number of ether oxygens (including phenoxy) is 2. The van der Waals surface area contributed by atoms with Crippen molar-refractivity contribution in [2.75, 3.05) is 13.7 Å². The summed E-state index contributed by atoms with van der Waals surface area (Å²) in [6.45, 7) is 7.40. The first-order chi connectivity index (χ1) is 14.2. The van der Waals surface area contributed by atoms with Crippen LogP contribution in [0.15, 0.2) is 30.3 Å². The Labute approximate surface area is 179 Å². The number of methoxy groups -OCH3 is 1. The number of esters is 1.